The first-order chi connectivity index (χ1) is 30.9. The Labute approximate surface area is 371 Å². The van der Waals surface area contributed by atoms with Crippen LogP contribution in [0.15, 0.2) is 227 Å². The predicted octanol–water partition coefficient (Wildman–Crippen LogP) is 14.4. The molecule has 0 fully saturated rings. The third-order valence-corrected chi connectivity index (χ3v) is 12.4. The Morgan fingerprint density at radius 2 is 1.13 bits per heavy atom. The van der Waals surface area contributed by atoms with Crippen molar-refractivity contribution in [2.45, 2.75) is 32.2 Å². The van der Waals surface area contributed by atoms with E-state index in [-0.39, 0.29) is 0 Å². The number of amidine groups is 1. The van der Waals surface area contributed by atoms with Gasteiger partial charge in [0.25, 0.3) is 0 Å². The Bertz CT molecular complexity index is 3080. The van der Waals surface area contributed by atoms with Crippen LogP contribution < -0.4 is 5.73 Å². The smallest absolute Gasteiger partial charge is 0.154 e. The molecule has 0 spiro atoms. The summed E-state index contributed by atoms with van der Waals surface area (Å²) in [5, 5.41) is 4.84. The largest absolute Gasteiger partial charge is 0.390 e. The average molecular weight is 815 g/mol. The molecule has 0 amide bonds. The van der Waals surface area contributed by atoms with Gasteiger partial charge in [-0.3, -0.25) is 4.99 Å². The van der Waals surface area contributed by atoms with Crippen LogP contribution in [0.5, 0.6) is 0 Å². The fourth-order valence-electron chi connectivity index (χ4n) is 8.95. The zero-order valence-electron chi connectivity index (χ0n) is 35.8. The lowest BCUT2D eigenvalue weighted by Gasteiger charge is -2.31. The van der Waals surface area contributed by atoms with Gasteiger partial charge in [0.15, 0.2) is 5.84 Å². The Hall–Kier alpha value is -7.69. The van der Waals surface area contributed by atoms with E-state index < -0.39 is 5.41 Å². The third kappa shape index (κ3) is 8.36. The maximum Gasteiger partial charge on any atom is 0.154 e. The summed E-state index contributed by atoms with van der Waals surface area (Å²) in [6.07, 6.45) is 11.6. The van der Waals surface area contributed by atoms with Crippen LogP contribution in [0, 0.1) is 5.92 Å². The van der Waals surface area contributed by atoms with Gasteiger partial charge in [-0.05, 0) is 109 Å². The number of rotatable bonds is 11. The van der Waals surface area contributed by atoms with Crippen molar-refractivity contribution in [3.63, 3.8) is 0 Å². The van der Waals surface area contributed by atoms with Crippen LogP contribution in [0.1, 0.15) is 42.5 Å². The molecule has 0 heterocycles. The van der Waals surface area contributed by atoms with E-state index in [9.17, 15) is 0 Å². The molecule has 8 aromatic rings. The molecule has 2 unspecified atom stereocenters. The van der Waals surface area contributed by atoms with Crippen molar-refractivity contribution in [3.05, 3.63) is 234 Å². The Kier molecular flexibility index (Phi) is 11.7. The maximum atomic E-state index is 6.01. The lowest BCUT2D eigenvalue weighted by atomic mass is 9.72. The first kappa shape index (κ1) is 40.7. The average Bonchev–Trinajstić information content (AvgIpc) is 3.34. The molecule has 0 saturated carbocycles. The first-order valence-electron chi connectivity index (χ1n) is 21.7. The summed E-state index contributed by atoms with van der Waals surface area (Å²) in [6.45, 7) is 8.81. The van der Waals surface area contributed by atoms with Crippen LogP contribution in [0.3, 0.4) is 0 Å². The molecule has 1 aliphatic rings. The fraction of sp³-hybridized carbons (Fsp3) is 0.102. The molecule has 4 nitrogen and oxygen atoms in total. The minimum Gasteiger partial charge on any atom is -0.390 e. The molecule has 4 heteroatoms. The van der Waals surface area contributed by atoms with Gasteiger partial charge < -0.3 is 5.73 Å². The van der Waals surface area contributed by atoms with Gasteiger partial charge in [0, 0.05) is 11.0 Å². The van der Waals surface area contributed by atoms with Crippen LogP contribution in [-0.2, 0) is 12.0 Å². The molecule has 306 valence electrons. The molecule has 2 atom stereocenters. The van der Waals surface area contributed by atoms with Crippen molar-refractivity contribution in [3.8, 4) is 33.4 Å². The van der Waals surface area contributed by atoms with Crippen molar-refractivity contribution < 1.29 is 0 Å². The number of fused-ring (bicyclic) bond motifs is 2. The number of nitrogens with zero attached hydrogens (tertiary/aromatic N) is 3. The summed E-state index contributed by atoms with van der Waals surface area (Å²) in [5.41, 5.74) is 19.1. The van der Waals surface area contributed by atoms with Crippen molar-refractivity contribution in [2.75, 3.05) is 0 Å². The van der Waals surface area contributed by atoms with Gasteiger partial charge in [0.1, 0.15) is 0 Å². The molecule has 2 N–H and O–H groups in total. The van der Waals surface area contributed by atoms with E-state index in [1.165, 1.54) is 61.3 Å². The third-order valence-electron chi connectivity index (χ3n) is 12.4. The van der Waals surface area contributed by atoms with Crippen molar-refractivity contribution >= 4 is 46.1 Å². The van der Waals surface area contributed by atoms with Gasteiger partial charge in [-0.15, -0.1) is 0 Å². The summed E-state index contributed by atoms with van der Waals surface area (Å²) >= 11 is 0. The van der Waals surface area contributed by atoms with E-state index >= 15 is 0 Å². The van der Waals surface area contributed by atoms with Crippen molar-refractivity contribution in [1.29, 1.82) is 0 Å². The predicted molar refractivity (Wildman–Crippen MR) is 269 cm³/mol. The second kappa shape index (κ2) is 18.1. The molecule has 0 saturated heterocycles. The summed E-state index contributed by atoms with van der Waals surface area (Å²) in [4.78, 5) is 13.7. The highest BCUT2D eigenvalue weighted by atomic mass is 14.9. The van der Waals surface area contributed by atoms with Gasteiger partial charge >= 0.3 is 0 Å². The number of hydrogen-bond acceptors (Lipinski definition) is 2. The second-order valence-electron chi connectivity index (χ2n) is 16.5. The molecule has 9 rings (SSSR count). The van der Waals surface area contributed by atoms with Gasteiger partial charge in [-0.2, -0.15) is 0 Å². The summed E-state index contributed by atoms with van der Waals surface area (Å²) in [6, 6.07) is 64.7. The monoisotopic (exact) mass is 814 g/mol. The SMILES string of the molecule is C=N/C(=N\Cc1ccc(-c2ccc(-c3ccc(-c4ccc(C(=C/C(C)(C5=CCC(C)C=C5)c5ccccc5)/N=C\N)cc4)c4ccccc34)c3ccccc23)cc1)c1ccccc1. The quantitative estimate of drug-likeness (QED) is 0.103. The molecule has 1 aliphatic carbocycles. The number of benzene rings is 8. The highest BCUT2D eigenvalue weighted by Gasteiger charge is 2.30. The Morgan fingerprint density at radius 1 is 0.619 bits per heavy atom. The van der Waals surface area contributed by atoms with Crippen LogP contribution >= 0.6 is 0 Å². The zero-order chi connectivity index (χ0) is 43.2. The highest BCUT2D eigenvalue weighted by Crippen LogP contribution is 2.42. The van der Waals surface area contributed by atoms with Gasteiger partial charge in [0.2, 0.25) is 0 Å². The normalized spacial score (nSPS) is 15.4. The molecular formula is C59H50N4. The fourth-order valence-corrected chi connectivity index (χ4v) is 8.95. The van der Waals surface area contributed by atoms with Crippen LogP contribution in [-0.4, -0.2) is 18.9 Å². The van der Waals surface area contributed by atoms with E-state index in [1.807, 2.05) is 30.3 Å². The highest BCUT2D eigenvalue weighted by molar-refractivity contribution is 6.12. The topological polar surface area (TPSA) is 63.1 Å². The van der Waals surface area contributed by atoms with Crippen LogP contribution in [0.2, 0.25) is 0 Å². The molecular weight excluding hydrogens is 765 g/mol. The molecule has 0 aromatic heterocycles. The van der Waals surface area contributed by atoms with E-state index in [0.29, 0.717) is 18.3 Å². The second-order valence-corrected chi connectivity index (χ2v) is 16.5. The van der Waals surface area contributed by atoms with E-state index in [1.54, 1.807) is 0 Å². The Morgan fingerprint density at radius 3 is 1.65 bits per heavy atom. The number of allylic oxidation sites excluding steroid dienone is 5. The zero-order valence-corrected chi connectivity index (χ0v) is 35.8. The lowest BCUT2D eigenvalue weighted by Crippen LogP contribution is -2.23. The summed E-state index contributed by atoms with van der Waals surface area (Å²) in [5.74, 6) is 1.17. The van der Waals surface area contributed by atoms with Crippen LogP contribution in [0.25, 0.3) is 60.6 Å². The minimum atomic E-state index is -0.399. The van der Waals surface area contributed by atoms with Crippen molar-refractivity contribution in [2.24, 2.45) is 26.6 Å². The molecule has 0 aliphatic heterocycles. The maximum absolute atomic E-state index is 6.01. The molecule has 8 aromatic carbocycles. The molecule has 0 bridgehead atoms. The summed E-state index contributed by atoms with van der Waals surface area (Å²) in [7, 11) is 0. The Balaban J connectivity index is 1.03. The van der Waals surface area contributed by atoms with E-state index in [0.717, 1.165) is 39.9 Å². The number of nitrogens with two attached hydrogens (primary N) is 1. The van der Waals surface area contributed by atoms with E-state index in [4.69, 9.17) is 15.7 Å². The molecule has 63 heavy (non-hydrogen) atoms. The minimum absolute atomic E-state index is 0.399. The number of aliphatic imine (C=N–C) groups is 3. The standard InChI is InChI=1S/C59H50N4/c1-41-22-32-48(33-23-41)59(2,47-16-8-5-9-17-47)38-57(63-40-60)45-30-28-44(29-31-45)50-35-37-56(54-21-13-11-19-52(50)54)55-36-34-49(51-18-10-12-20-53(51)55)43-26-24-42(25-27-43)39-62-58(61-3)46-14-6-4-7-15-46/h4-22,24-38,40-41H,3,23,39H2,1-2H3,(H2,60,63)/b57-38-,62-58-. The van der Waals surface area contributed by atoms with Gasteiger partial charge in [-0.1, -0.05) is 207 Å². The first-order valence-corrected chi connectivity index (χ1v) is 21.7. The van der Waals surface area contributed by atoms with Gasteiger partial charge in [-0.25, -0.2) is 9.98 Å². The van der Waals surface area contributed by atoms with E-state index in [2.05, 4.69) is 202 Å². The lowest BCUT2D eigenvalue weighted by molar-refractivity contribution is 0.672. The number of hydrogen-bond donors (Lipinski definition) is 1. The van der Waals surface area contributed by atoms with Crippen molar-refractivity contribution in [1.82, 2.24) is 0 Å². The molecule has 0 radical (unpaired) electrons. The van der Waals surface area contributed by atoms with Gasteiger partial charge in [0.05, 0.1) is 18.6 Å². The summed E-state index contributed by atoms with van der Waals surface area (Å²) < 4.78 is 0. The van der Waals surface area contributed by atoms with Crippen LogP contribution in [0.4, 0.5) is 0 Å².